The van der Waals surface area contributed by atoms with Gasteiger partial charge in [0.1, 0.15) is 6.26 Å². The van der Waals surface area contributed by atoms with Crippen LogP contribution in [0.2, 0.25) is 0 Å². The van der Waals surface area contributed by atoms with Crippen molar-refractivity contribution < 1.29 is 4.42 Å². The summed E-state index contributed by atoms with van der Waals surface area (Å²) in [5, 5.41) is 5.45. The first-order chi connectivity index (χ1) is 13.2. The van der Waals surface area contributed by atoms with Crippen molar-refractivity contribution in [1.29, 1.82) is 0 Å². The number of imidazole rings is 1. The Balaban J connectivity index is 0.00000225. The molecule has 0 spiro atoms. The molecule has 1 saturated heterocycles. The van der Waals surface area contributed by atoms with E-state index in [0.29, 0.717) is 24.4 Å². The molecule has 7 nitrogen and oxygen atoms in total. The molecule has 2 atom stereocenters. The summed E-state index contributed by atoms with van der Waals surface area (Å²) in [6.07, 6.45) is 8.62. The lowest BCUT2D eigenvalue weighted by atomic mass is 9.93. The number of thiophene rings is 1. The normalized spacial score (nSPS) is 20.1. The average Bonchev–Trinajstić information content (AvgIpc) is 3.45. The molecule has 3 aromatic heterocycles. The number of hydrogen-bond acceptors (Lipinski definition) is 5. The second-order valence-electron chi connectivity index (χ2n) is 6.81. The number of halogens is 1. The smallest absolute Gasteiger partial charge is 0.236 e. The van der Waals surface area contributed by atoms with Crippen LogP contribution in [0.15, 0.2) is 51.9 Å². The van der Waals surface area contributed by atoms with Gasteiger partial charge in [-0.3, -0.25) is 4.99 Å². The number of hydrogen-bond donors (Lipinski definition) is 1. The van der Waals surface area contributed by atoms with Crippen LogP contribution in [0.5, 0.6) is 0 Å². The fourth-order valence-corrected chi connectivity index (χ4v) is 4.15. The topological polar surface area (TPSA) is 71.5 Å². The van der Waals surface area contributed by atoms with Gasteiger partial charge in [0.2, 0.25) is 5.89 Å². The van der Waals surface area contributed by atoms with Crippen LogP contribution in [0.3, 0.4) is 0 Å². The van der Waals surface area contributed by atoms with Crippen LogP contribution >= 0.6 is 35.3 Å². The Labute approximate surface area is 185 Å². The van der Waals surface area contributed by atoms with Gasteiger partial charge >= 0.3 is 0 Å². The molecule has 0 amide bonds. The van der Waals surface area contributed by atoms with Crippen molar-refractivity contribution in [1.82, 2.24) is 24.8 Å². The van der Waals surface area contributed by atoms with Crippen LogP contribution in [0.1, 0.15) is 25.1 Å². The minimum atomic E-state index is 0. The molecule has 9 heteroatoms. The summed E-state index contributed by atoms with van der Waals surface area (Å²) in [6, 6.07) is 4.41. The SMILES string of the molecule is CN=C(NCc1coc(-c2cccs2)n1)N1CCC(C)C(n2ccnc2)C1.I. The number of rotatable bonds is 4. The standard InChI is InChI=1S/C19H24N6OS.HI/c1-14-5-7-24(11-16(14)25-8-6-21-13-25)19(20-2)22-10-15-12-26-18(23-15)17-4-3-9-27-17;/h3-4,6,8-9,12-14,16H,5,7,10-11H2,1-2H3,(H,20,22);1H. The molecule has 0 bridgehead atoms. The van der Waals surface area contributed by atoms with Crippen molar-refractivity contribution in [3.05, 3.63) is 48.2 Å². The summed E-state index contributed by atoms with van der Waals surface area (Å²) >= 11 is 1.62. The lowest BCUT2D eigenvalue weighted by molar-refractivity contribution is 0.189. The number of nitrogens with one attached hydrogen (secondary N) is 1. The molecule has 4 heterocycles. The van der Waals surface area contributed by atoms with E-state index >= 15 is 0 Å². The van der Waals surface area contributed by atoms with Gasteiger partial charge in [0.15, 0.2) is 5.96 Å². The fourth-order valence-electron chi connectivity index (χ4n) is 3.50. The predicted octanol–water partition coefficient (Wildman–Crippen LogP) is 3.88. The minimum absolute atomic E-state index is 0. The number of nitrogens with zero attached hydrogens (tertiary/aromatic N) is 5. The Morgan fingerprint density at radius 3 is 3.07 bits per heavy atom. The highest BCUT2D eigenvalue weighted by Gasteiger charge is 2.28. The van der Waals surface area contributed by atoms with E-state index in [1.54, 1.807) is 17.6 Å². The lowest BCUT2D eigenvalue weighted by Crippen LogP contribution is -2.48. The van der Waals surface area contributed by atoms with Gasteiger partial charge in [-0.2, -0.15) is 0 Å². The van der Waals surface area contributed by atoms with Crippen LogP contribution in [-0.2, 0) is 6.54 Å². The average molecular weight is 512 g/mol. The second kappa shape index (κ2) is 9.55. The van der Waals surface area contributed by atoms with Crippen LogP contribution < -0.4 is 5.32 Å². The molecule has 1 aliphatic rings. The van der Waals surface area contributed by atoms with Crippen LogP contribution in [0, 0.1) is 5.92 Å². The molecule has 0 radical (unpaired) electrons. The summed E-state index contributed by atoms with van der Waals surface area (Å²) in [5.74, 6) is 2.17. The summed E-state index contributed by atoms with van der Waals surface area (Å²) < 4.78 is 7.80. The van der Waals surface area contributed by atoms with E-state index in [1.807, 2.05) is 43.3 Å². The second-order valence-corrected chi connectivity index (χ2v) is 7.76. The third kappa shape index (κ3) is 4.57. The van der Waals surface area contributed by atoms with Crippen LogP contribution in [0.25, 0.3) is 10.8 Å². The maximum Gasteiger partial charge on any atom is 0.236 e. The fraction of sp³-hybridized carbons (Fsp3) is 0.421. The Hall–Kier alpha value is -1.88. The van der Waals surface area contributed by atoms with Gasteiger partial charge in [0.25, 0.3) is 0 Å². The van der Waals surface area contributed by atoms with E-state index in [4.69, 9.17) is 4.42 Å². The highest BCUT2D eigenvalue weighted by molar-refractivity contribution is 14.0. The predicted molar refractivity (Wildman–Crippen MR) is 122 cm³/mol. The molecule has 3 aromatic rings. The van der Waals surface area contributed by atoms with E-state index in [1.165, 1.54) is 0 Å². The monoisotopic (exact) mass is 512 g/mol. The van der Waals surface area contributed by atoms with E-state index in [9.17, 15) is 0 Å². The zero-order valence-electron chi connectivity index (χ0n) is 16.0. The number of piperidine rings is 1. The Kier molecular flexibility index (Phi) is 7.11. The highest BCUT2D eigenvalue weighted by atomic mass is 127. The molecule has 2 unspecified atom stereocenters. The van der Waals surface area contributed by atoms with E-state index < -0.39 is 0 Å². The number of oxazole rings is 1. The number of aliphatic imine (C=N–C) groups is 1. The maximum absolute atomic E-state index is 5.60. The van der Waals surface area contributed by atoms with E-state index in [0.717, 1.165) is 36.0 Å². The summed E-state index contributed by atoms with van der Waals surface area (Å²) in [6.45, 7) is 4.80. The van der Waals surface area contributed by atoms with Gasteiger partial charge in [-0.15, -0.1) is 35.3 Å². The van der Waals surface area contributed by atoms with Gasteiger partial charge < -0.3 is 19.2 Å². The summed E-state index contributed by atoms with van der Waals surface area (Å²) in [7, 11) is 1.83. The van der Waals surface area contributed by atoms with Crippen LogP contribution in [0.4, 0.5) is 0 Å². The van der Waals surface area contributed by atoms with Crippen molar-refractivity contribution in [3.63, 3.8) is 0 Å². The number of likely N-dealkylation sites (tertiary alicyclic amines) is 1. The van der Waals surface area contributed by atoms with E-state index in [-0.39, 0.29) is 24.0 Å². The quantitative estimate of drug-likeness (QED) is 0.327. The molecule has 1 aliphatic heterocycles. The zero-order valence-corrected chi connectivity index (χ0v) is 19.1. The van der Waals surface area contributed by atoms with Crippen molar-refractivity contribution in [2.24, 2.45) is 10.9 Å². The molecule has 150 valence electrons. The van der Waals surface area contributed by atoms with Crippen molar-refractivity contribution >= 4 is 41.3 Å². The molecule has 0 aliphatic carbocycles. The first-order valence-corrected chi connectivity index (χ1v) is 10.0. The van der Waals surface area contributed by atoms with Gasteiger partial charge in [0, 0.05) is 32.5 Å². The van der Waals surface area contributed by atoms with Crippen molar-refractivity contribution in [3.8, 4) is 10.8 Å². The Bertz CT molecular complexity index is 876. The summed E-state index contributed by atoms with van der Waals surface area (Å²) in [5.41, 5.74) is 0.871. The van der Waals surface area contributed by atoms with Gasteiger partial charge in [0.05, 0.1) is 29.5 Å². The Morgan fingerprint density at radius 2 is 2.36 bits per heavy atom. The van der Waals surface area contributed by atoms with Gasteiger partial charge in [-0.25, -0.2) is 9.97 Å². The Morgan fingerprint density at radius 1 is 1.46 bits per heavy atom. The van der Waals surface area contributed by atoms with Gasteiger partial charge in [-0.05, 0) is 23.8 Å². The zero-order chi connectivity index (χ0) is 18.6. The minimum Gasteiger partial charge on any atom is -0.443 e. The molecule has 4 rings (SSSR count). The molecule has 0 saturated carbocycles. The number of aromatic nitrogens is 3. The first-order valence-electron chi connectivity index (χ1n) is 9.16. The molecular weight excluding hydrogens is 487 g/mol. The van der Waals surface area contributed by atoms with Crippen molar-refractivity contribution in [2.75, 3.05) is 20.1 Å². The maximum atomic E-state index is 5.60. The molecule has 1 N–H and O–H groups in total. The molecule has 1 fully saturated rings. The molecule has 28 heavy (non-hydrogen) atoms. The molecule has 0 aromatic carbocycles. The van der Waals surface area contributed by atoms with Gasteiger partial charge in [-0.1, -0.05) is 13.0 Å². The third-order valence-corrected chi connectivity index (χ3v) is 5.91. The van der Waals surface area contributed by atoms with Crippen molar-refractivity contribution in [2.45, 2.75) is 25.9 Å². The first kappa shape index (κ1) is 20.8. The number of guanidine groups is 1. The summed E-state index contributed by atoms with van der Waals surface area (Å²) in [4.78, 5) is 16.6. The molecular formula is C19H25IN6OS. The lowest BCUT2D eigenvalue weighted by Gasteiger charge is -2.39. The van der Waals surface area contributed by atoms with E-state index in [2.05, 4.69) is 36.7 Å². The third-order valence-electron chi connectivity index (χ3n) is 5.05. The highest BCUT2D eigenvalue weighted by Crippen LogP contribution is 2.27. The van der Waals surface area contributed by atoms with Crippen LogP contribution in [-0.4, -0.2) is 45.5 Å². The largest absolute Gasteiger partial charge is 0.443 e.